The summed E-state index contributed by atoms with van der Waals surface area (Å²) < 4.78 is 0. The number of fused-ring (bicyclic) bond motifs is 1. The van der Waals surface area contributed by atoms with Gasteiger partial charge in [0.2, 0.25) is 0 Å². The van der Waals surface area contributed by atoms with Gasteiger partial charge in [-0.05, 0) is 60.7 Å². The zero-order valence-electron chi connectivity index (χ0n) is 19.2. The molecule has 4 rings (SSSR count). The van der Waals surface area contributed by atoms with Gasteiger partial charge in [0.05, 0.1) is 11.7 Å². The van der Waals surface area contributed by atoms with E-state index in [4.69, 9.17) is 0 Å². The molecule has 3 heterocycles. The highest BCUT2D eigenvalue weighted by molar-refractivity contribution is 7.98. The lowest BCUT2D eigenvalue weighted by Gasteiger charge is -2.11. The summed E-state index contributed by atoms with van der Waals surface area (Å²) in [4.78, 5) is 24.4. The number of pyridine rings is 1. The summed E-state index contributed by atoms with van der Waals surface area (Å²) in [5.74, 6) is 1.42. The molecule has 4 N–H and O–H groups in total. The van der Waals surface area contributed by atoms with Gasteiger partial charge < -0.3 is 15.6 Å². The summed E-state index contributed by atoms with van der Waals surface area (Å²) in [6.45, 7) is 6.56. The Morgan fingerprint density at radius 1 is 1.21 bits per heavy atom. The second-order valence-electron chi connectivity index (χ2n) is 7.83. The van der Waals surface area contributed by atoms with Gasteiger partial charge in [-0.3, -0.25) is 14.9 Å². The van der Waals surface area contributed by atoms with Crippen LogP contribution in [0.1, 0.15) is 35.0 Å². The Balaban J connectivity index is 1.61. The number of rotatable bonds is 10. The summed E-state index contributed by atoms with van der Waals surface area (Å²) >= 11 is 1.77. The van der Waals surface area contributed by atoms with Crippen molar-refractivity contribution < 1.29 is 4.79 Å². The fourth-order valence-corrected chi connectivity index (χ4v) is 4.16. The van der Waals surface area contributed by atoms with E-state index in [1.165, 1.54) is 11.1 Å². The van der Waals surface area contributed by atoms with Gasteiger partial charge in [0.15, 0.2) is 5.82 Å². The van der Waals surface area contributed by atoms with Crippen molar-refractivity contribution >= 4 is 28.6 Å². The van der Waals surface area contributed by atoms with Crippen molar-refractivity contribution in [2.45, 2.75) is 26.8 Å². The Kier molecular flexibility index (Phi) is 7.41. The maximum atomic E-state index is 12.4. The number of hydrogen-bond acceptors (Lipinski definition) is 6. The smallest absolute Gasteiger partial charge is 0.269 e. The lowest BCUT2D eigenvalue weighted by molar-refractivity contribution is 0.0949. The molecule has 9 heteroatoms. The van der Waals surface area contributed by atoms with Crippen LogP contribution in [0, 0.1) is 6.92 Å². The summed E-state index contributed by atoms with van der Waals surface area (Å²) in [6.07, 6.45) is 8.37. The molecule has 1 aromatic carbocycles. The number of thioether (sulfide) groups is 1. The molecule has 0 aliphatic heterocycles. The van der Waals surface area contributed by atoms with Crippen molar-refractivity contribution in [1.29, 1.82) is 0 Å². The number of hydrogen-bond donors (Lipinski definition) is 4. The first-order valence-corrected chi connectivity index (χ1v) is 12.5. The third-order valence-corrected chi connectivity index (χ3v) is 6.31. The summed E-state index contributed by atoms with van der Waals surface area (Å²) in [6, 6.07) is 6.18. The first-order valence-electron chi connectivity index (χ1n) is 11.1. The largest absolute Gasteiger partial charge is 0.351 e. The zero-order chi connectivity index (χ0) is 23.2. The quantitative estimate of drug-likeness (QED) is 0.265. The highest BCUT2D eigenvalue weighted by Gasteiger charge is 2.16. The Bertz CT molecular complexity index is 1250. The molecule has 0 bridgehead atoms. The predicted molar refractivity (Wildman–Crippen MR) is 134 cm³/mol. The minimum absolute atomic E-state index is 0.158. The van der Waals surface area contributed by atoms with Crippen LogP contribution in [0.4, 0.5) is 0 Å². The van der Waals surface area contributed by atoms with Crippen LogP contribution in [-0.2, 0) is 6.54 Å². The molecule has 0 unspecified atom stereocenters. The molecule has 0 aliphatic carbocycles. The molecule has 4 aromatic rings. The van der Waals surface area contributed by atoms with E-state index in [0.717, 1.165) is 47.3 Å². The number of H-pyrrole nitrogens is 2. The van der Waals surface area contributed by atoms with Crippen LogP contribution in [0.25, 0.3) is 33.5 Å². The van der Waals surface area contributed by atoms with Crippen LogP contribution in [0.2, 0.25) is 0 Å². The van der Waals surface area contributed by atoms with E-state index < -0.39 is 0 Å². The van der Waals surface area contributed by atoms with Crippen LogP contribution in [-0.4, -0.2) is 56.2 Å². The lowest BCUT2D eigenvalue weighted by Crippen LogP contribution is -2.25. The van der Waals surface area contributed by atoms with E-state index in [9.17, 15) is 4.79 Å². The lowest BCUT2D eigenvalue weighted by atomic mass is 9.98. The first kappa shape index (κ1) is 23.0. The Morgan fingerprint density at radius 2 is 2.09 bits per heavy atom. The standard InChI is InChI=1S/C24H29N7OS/c1-4-25-11-17-12-26-13-19(15(17)2)16-6-7-20-18(10-16)22(31-30-20)23-28-14-21(29-23)24(32)27-8-5-9-33-3/h6-7,10,12-14,25H,4-5,8-9,11H2,1-3H3,(H,27,32)(H,28,29)(H,30,31). The Labute approximate surface area is 197 Å². The van der Waals surface area contributed by atoms with Crippen molar-refractivity contribution in [1.82, 2.24) is 35.8 Å². The van der Waals surface area contributed by atoms with Crippen LogP contribution < -0.4 is 10.6 Å². The molecule has 0 radical (unpaired) electrons. The molecule has 3 aromatic heterocycles. The van der Waals surface area contributed by atoms with Crippen molar-refractivity contribution in [3.8, 4) is 22.6 Å². The molecule has 33 heavy (non-hydrogen) atoms. The fourth-order valence-electron chi connectivity index (χ4n) is 3.73. The van der Waals surface area contributed by atoms with E-state index in [0.29, 0.717) is 23.8 Å². The number of carbonyl (C=O) groups excluding carboxylic acids is 1. The average molecular weight is 464 g/mol. The van der Waals surface area contributed by atoms with Gasteiger partial charge in [-0.15, -0.1) is 0 Å². The molecular weight excluding hydrogens is 434 g/mol. The fraction of sp³-hybridized carbons (Fsp3) is 0.333. The average Bonchev–Trinajstić information content (AvgIpc) is 3.48. The molecule has 172 valence electrons. The first-order chi connectivity index (χ1) is 16.1. The molecular formula is C24H29N7OS. The van der Waals surface area contributed by atoms with Gasteiger partial charge in [0.25, 0.3) is 5.91 Å². The van der Waals surface area contributed by atoms with E-state index in [1.807, 2.05) is 18.5 Å². The molecule has 0 atom stereocenters. The molecule has 0 aliphatic rings. The second kappa shape index (κ2) is 10.6. The van der Waals surface area contributed by atoms with Crippen LogP contribution in [0.5, 0.6) is 0 Å². The van der Waals surface area contributed by atoms with Crippen LogP contribution >= 0.6 is 11.8 Å². The topological polar surface area (TPSA) is 111 Å². The number of aromatic nitrogens is 5. The van der Waals surface area contributed by atoms with Crippen molar-refractivity contribution in [3.05, 3.63) is 53.6 Å². The van der Waals surface area contributed by atoms with E-state index in [1.54, 1.807) is 18.0 Å². The zero-order valence-corrected chi connectivity index (χ0v) is 20.0. The van der Waals surface area contributed by atoms with Crippen molar-refractivity contribution in [2.24, 2.45) is 0 Å². The number of amides is 1. The van der Waals surface area contributed by atoms with Gasteiger partial charge in [0.1, 0.15) is 11.4 Å². The van der Waals surface area contributed by atoms with Crippen LogP contribution in [0.3, 0.4) is 0 Å². The molecule has 0 spiro atoms. The van der Waals surface area contributed by atoms with Crippen molar-refractivity contribution in [3.63, 3.8) is 0 Å². The second-order valence-corrected chi connectivity index (χ2v) is 8.82. The van der Waals surface area contributed by atoms with E-state index in [2.05, 4.69) is 68.0 Å². The number of imidazole rings is 1. The number of nitrogens with zero attached hydrogens (tertiary/aromatic N) is 3. The van der Waals surface area contributed by atoms with E-state index in [-0.39, 0.29) is 5.91 Å². The van der Waals surface area contributed by atoms with Gasteiger partial charge >= 0.3 is 0 Å². The minimum atomic E-state index is -0.158. The highest BCUT2D eigenvalue weighted by atomic mass is 32.2. The van der Waals surface area contributed by atoms with Gasteiger partial charge in [-0.25, -0.2) is 4.98 Å². The molecule has 0 fully saturated rings. The maximum absolute atomic E-state index is 12.4. The van der Waals surface area contributed by atoms with E-state index >= 15 is 0 Å². The summed E-state index contributed by atoms with van der Waals surface area (Å²) in [7, 11) is 0. The molecule has 1 amide bonds. The molecule has 0 saturated heterocycles. The normalized spacial score (nSPS) is 11.2. The number of benzene rings is 1. The Morgan fingerprint density at radius 3 is 2.91 bits per heavy atom. The van der Waals surface area contributed by atoms with Crippen LogP contribution in [0.15, 0.2) is 36.8 Å². The number of aromatic amines is 2. The third kappa shape index (κ3) is 5.09. The van der Waals surface area contributed by atoms with Gasteiger partial charge in [0, 0.05) is 36.4 Å². The monoisotopic (exact) mass is 463 g/mol. The summed E-state index contributed by atoms with van der Waals surface area (Å²) in [5, 5.41) is 14.8. The SMILES string of the molecule is CCNCc1cncc(-c2ccc3[nH]nc(-c4ncc(C(=O)NCCCSC)[nH]4)c3c2)c1C. The minimum Gasteiger partial charge on any atom is -0.351 e. The number of nitrogens with one attached hydrogen (secondary N) is 4. The van der Waals surface area contributed by atoms with Crippen molar-refractivity contribution in [2.75, 3.05) is 25.1 Å². The molecule has 8 nitrogen and oxygen atoms in total. The van der Waals surface area contributed by atoms with Gasteiger partial charge in [-0.2, -0.15) is 16.9 Å². The highest BCUT2D eigenvalue weighted by Crippen LogP contribution is 2.31. The third-order valence-electron chi connectivity index (χ3n) is 5.61. The predicted octanol–water partition coefficient (Wildman–Crippen LogP) is 3.92. The Hall–Kier alpha value is -3.17. The molecule has 0 saturated carbocycles. The number of carbonyl (C=O) groups is 1. The van der Waals surface area contributed by atoms with Gasteiger partial charge in [-0.1, -0.05) is 13.0 Å². The summed E-state index contributed by atoms with van der Waals surface area (Å²) in [5.41, 5.74) is 6.55. The maximum Gasteiger partial charge on any atom is 0.269 e.